The quantitative estimate of drug-likeness (QED) is 0.895. The Morgan fingerprint density at radius 2 is 1.88 bits per heavy atom. The smallest absolute Gasteiger partial charge is 0.242 e. The maximum Gasteiger partial charge on any atom is 0.242 e. The van der Waals surface area contributed by atoms with Crippen LogP contribution in [0.2, 0.25) is 0 Å². The van der Waals surface area contributed by atoms with Gasteiger partial charge in [-0.05, 0) is 51.3 Å². The molecule has 2 fully saturated rings. The minimum absolute atomic E-state index is 0.152. The van der Waals surface area contributed by atoms with Crippen LogP contribution in [0.5, 0.6) is 0 Å². The fourth-order valence-electron chi connectivity index (χ4n) is 3.55. The summed E-state index contributed by atoms with van der Waals surface area (Å²) in [4.78, 5) is 15.2. The molecule has 1 aliphatic heterocycles. The van der Waals surface area contributed by atoms with Crippen molar-refractivity contribution in [2.24, 2.45) is 0 Å². The van der Waals surface area contributed by atoms with Crippen molar-refractivity contribution in [1.82, 2.24) is 20.4 Å². The number of rotatable bonds is 5. The number of nitrogens with one attached hydrogen (secondary N) is 1. The third kappa shape index (κ3) is 3.90. The summed E-state index contributed by atoms with van der Waals surface area (Å²) in [7, 11) is 0. The second kappa shape index (κ2) is 7.22. The van der Waals surface area contributed by atoms with Gasteiger partial charge in [-0.1, -0.05) is 30.3 Å². The van der Waals surface area contributed by atoms with Gasteiger partial charge >= 0.3 is 0 Å². The zero-order chi connectivity index (χ0) is 17.2. The van der Waals surface area contributed by atoms with E-state index in [2.05, 4.69) is 32.5 Å². The Morgan fingerprint density at radius 1 is 1.16 bits per heavy atom. The Morgan fingerprint density at radius 3 is 2.48 bits per heavy atom. The molecule has 1 unspecified atom stereocenters. The van der Waals surface area contributed by atoms with Gasteiger partial charge in [-0.25, -0.2) is 0 Å². The standard InChI is InChI=1S/C19H24N4OS/c1-13-21-22-19(25-13)15-9-11-23(12-10-15)17(14-5-3-2-4-6-14)18(24)20-16-7-8-16/h2-6,15-17H,7-12H2,1H3,(H,20,24). The van der Waals surface area contributed by atoms with Gasteiger partial charge in [0.05, 0.1) is 0 Å². The summed E-state index contributed by atoms with van der Waals surface area (Å²) >= 11 is 1.70. The molecule has 1 aromatic heterocycles. The minimum Gasteiger partial charge on any atom is -0.352 e. The molecule has 25 heavy (non-hydrogen) atoms. The summed E-state index contributed by atoms with van der Waals surface area (Å²) in [5.74, 6) is 0.629. The van der Waals surface area contributed by atoms with E-state index in [1.54, 1.807) is 11.3 Å². The largest absolute Gasteiger partial charge is 0.352 e. The molecule has 1 aromatic carbocycles. The lowest BCUT2D eigenvalue weighted by molar-refractivity contribution is -0.127. The van der Waals surface area contributed by atoms with Gasteiger partial charge in [0.15, 0.2) is 0 Å². The number of piperidine rings is 1. The van der Waals surface area contributed by atoms with Gasteiger partial charge in [0.25, 0.3) is 0 Å². The maximum atomic E-state index is 12.9. The number of aromatic nitrogens is 2. The first-order valence-electron chi connectivity index (χ1n) is 9.10. The van der Waals surface area contributed by atoms with Gasteiger partial charge in [-0.15, -0.1) is 21.5 Å². The Bertz CT molecular complexity index is 720. The summed E-state index contributed by atoms with van der Waals surface area (Å²) in [6, 6.07) is 10.4. The van der Waals surface area contributed by atoms with Crippen LogP contribution in [-0.4, -0.2) is 40.1 Å². The van der Waals surface area contributed by atoms with E-state index in [0.29, 0.717) is 12.0 Å². The van der Waals surface area contributed by atoms with Crippen molar-refractivity contribution in [2.75, 3.05) is 13.1 Å². The topological polar surface area (TPSA) is 58.1 Å². The molecule has 2 aromatic rings. The van der Waals surface area contributed by atoms with E-state index in [0.717, 1.165) is 54.4 Å². The second-order valence-electron chi connectivity index (χ2n) is 7.07. The van der Waals surface area contributed by atoms with E-state index in [1.165, 1.54) is 0 Å². The summed E-state index contributed by atoms with van der Waals surface area (Å²) in [5.41, 5.74) is 1.09. The van der Waals surface area contributed by atoms with Crippen LogP contribution < -0.4 is 5.32 Å². The van der Waals surface area contributed by atoms with Crippen molar-refractivity contribution < 1.29 is 4.79 Å². The van der Waals surface area contributed by atoms with Crippen LogP contribution in [0.4, 0.5) is 0 Å². The fraction of sp³-hybridized carbons (Fsp3) is 0.526. The molecule has 5 nitrogen and oxygen atoms in total. The van der Waals surface area contributed by atoms with Crippen molar-refractivity contribution >= 4 is 17.2 Å². The van der Waals surface area contributed by atoms with Gasteiger partial charge in [-0.3, -0.25) is 9.69 Å². The number of likely N-dealkylation sites (tertiary alicyclic amines) is 1. The van der Waals surface area contributed by atoms with Gasteiger partial charge in [0.2, 0.25) is 5.91 Å². The minimum atomic E-state index is -0.182. The number of aryl methyl sites for hydroxylation is 1. The fourth-order valence-corrected chi connectivity index (χ4v) is 4.42. The van der Waals surface area contributed by atoms with Gasteiger partial charge in [0, 0.05) is 12.0 Å². The van der Waals surface area contributed by atoms with Crippen molar-refractivity contribution in [1.29, 1.82) is 0 Å². The molecule has 132 valence electrons. The summed E-state index contributed by atoms with van der Waals surface area (Å²) in [6.07, 6.45) is 4.31. The molecule has 1 saturated heterocycles. The molecule has 0 bridgehead atoms. The molecule has 0 radical (unpaired) electrons. The number of benzene rings is 1. The first kappa shape index (κ1) is 16.7. The van der Waals surface area contributed by atoms with Crippen molar-refractivity contribution in [2.45, 2.75) is 50.6 Å². The maximum absolute atomic E-state index is 12.9. The Kier molecular flexibility index (Phi) is 4.81. The SMILES string of the molecule is Cc1nnc(C2CCN(C(C(=O)NC3CC3)c3ccccc3)CC2)s1. The third-order valence-electron chi connectivity index (χ3n) is 5.07. The van der Waals surface area contributed by atoms with E-state index in [9.17, 15) is 4.79 Å². The number of carbonyl (C=O) groups is 1. The van der Waals surface area contributed by atoms with Crippen LogP contribution >= 0.6 is 11.3 Å². The zero-order valence-electron chi connectivity index (χ0n) is 14.5. The average molecular weight is 356 g/mol. The summed E-state index contributed by atoms with van der Waals surface area (Å²) in [6.45, 7) is 3.84. The van der Waals surface area contributed by atoms with E-state index in [1.807, 2.05) is 25.1 Å². The Hall–Kier alpha value is -1.79. The zero-order valence-corrected chi connectivity index (χ0v) is 15.3. The lowest BCUT2D eigenvalue weighted by Crippen LogP contribution is -2.44. The highest BCUT2D eigenvalue weighted by Gasteiger charge is 2.34. The van der Waals surface area contributed by atoms with E-state index in [4.69, 9.17) is 0 Å². The summed E-state index contributed by atoms with van der Waals surface area (Å²) < 4.78 is 0. The number of hydrogen-bond donors (Lipinski definition) is 1. The van der Waals surface area contributed by atoms with Gasteiger partial charge in [-0.2, -0.15) is 0 Å². The molecular formula is C19H24N4OS. The summed E-state index contributed by atoms with van der Waals surface area (Å²) in [5, 5.41) is 13.8. The number of amides is 1. The Balaban J connectivity index is 1.47. The van der Waals surface area contributed by atoms with E-state index < -0.39 is 0 Å². The number of nitrogens with zero attached hydrogens (tertiary/aromatic N) is 3. The number of carbonyl (C=O) groups excluding carboxylic acids is 1. The van der Waals surface area contributed by atoms with Crippen LogP contribution in [0.1, 0.15) is 53.2 Å². The molecule has 4 rings (SSSR count). The monoisotopic (exact) mass is 356 g/mol. The Labute approximate surface area is 152 Å². The molecule has 6 heteroatoms. The highest BCUT2D eigenvalue weighted by molar-refractivity contribution is 7.11. The lowest BCUT2D eigenvalue weighted by atomic mass is 9.94. The van der Waals surface area contributed by atoms with Crippen molar-refractivity contribution in [3.05, 3.63) is 45.9 Å². The third-order valence-corrected chi connectivity index (χ3v) is 6.07. The normalized spacial score (nSPS) is 20.4. The predicted molar refractivity (Wildman–Crippen MR) is 98.5 cm³/mol. The first-order valence-corrected chi connectivity index (χ1v) is 9.92. The van der Waals surface area contributed by atoms with Gasteiger partial charge in [0.1, 0.15) is 16.1 Å². The van der Waals surface area contributed by atoms with Crippen LogP contribution in [0.3, 0.4) is 0 Å². The molecule has 0 spiro atoms. The molecule has 1 aliphatic carbocycles. The average Bonchev–Trinajstić information content (AvgIpc) is 3.34. The van der Waals surface area contributed by atoms with E-state index >= 15 is 0 Å². The molecule has 2 heterocycles. The van der Waals surface area contributed by atoms with Crippen molar-refractivity contribution in [3.8, 4) is 0 Å². The first-order chi connectivity index (χ1) is 12.2. The van der Waals surface area contributed by atoms with Crippen LogP contribution in [0, 0.1) is 6.92 Å². The second-order valence-corrected chi connectivity index (χ2v) is 8.28. The molecular weight excluding hydrogens is 332 g/mol. The molecule has 1 saturated carbocycles. The molecule has 1 N–H and O–H groups in total. The van der Waals surface area contributed by atoms with Crippen LogP contribution in [0.25, 0.3) is 0 Å². The number of hydrogen-bond acceptors (Lipinski definition) is 5. The van der Waals surface area contributed by atoms with Crippen molar-refractivity contribution in [3.63, 3.8) is 0 Å². The van der Waals surface area contributed by atoms with Crippen LogP contribution in [0.15, 0.2) is 30.3 Å². The highest BCUT2D eigenvalue weighted by Crippen LogP contribution is 2.34. The molecule has 2 aliphatic rings. The van der Waals surface area contributed by atoms with Gasteiger partial charge < -0.3 is 5.32 Å². The predicted octanol–water partition coefficient (Wildman–Crippen LogP) is 3.05. The molecule has 1 amide bonds. The van der Waals surface area contributed by atoms with E-state index in [-0.39, 0.29) is 11.9 Å². The lowest BCUT2D eigenvalue weighted by Gasteiger charge is -2.36. The molecule has 1 atom stereocenters. The highest BCUT2D eigenvalue weighted by atomic mass is 32.1. The van der Waals surface area contributed by atoms with Crippen LogP contribution in [-0.2, 0) is 4.79 Å².